The molecule has 1 aromatic carbocycles. The van der Waals surface area contributed by atoms with Crippen LogP contribution in [0.3, 0.4) is 0 Å². The van der Waals surface area contributed by atoms with Crippen molar-refractivity contribution < 1.29 is 8.91 Å². The van der Waals surface area contributed by atoms with Gasteiger partial charge < -0.3 is 10.3 Å². The second-order valence-corrected chi connectivity index (χ2v) is 3.36. The van der Waals surface area contributed by atoms with Gasteiger partial charge in [0.05, 0.1) is 0 Å². The van der Waals surface area contributed by atoms with Gasteiger partial charge in [0.1, 0.15) is 11.9 Å². The average molecular weight is 206 g/mol. The lowest BCUT2D eigenvalue weighted by Gasteiger charge is -2.03. The van der Waals surface area contributed by atoms with Gasteiger partial charge in [-0.2, -0.15) is 0 Å². The molecule has 0 fully saturated rings. The van der Waals surface area contributed by atoms with Gasteiger partial charge in [0.25, 0.3) is 0 Å². The molecule has 0 aliphatic rings. The number of benzene rings is 1. The van der Waals surface area contributed by atoms with Crippen molar-refractivity contribution in [2.45, 2.75) is 13.1 Å². The highest BCUT2D eigenvalue weighted by molar-refractivity contribution is 5.61. The second kappa shape index (κ2) is 3.73. The van der Waals surface area contributed by atoms with Gasteiger partial charge in [-0.05, 0) is 18.6 Å². The molecule has 1 unspecified atom stereocenters. The molecular formula is C11H11FN2O. The quantitative estimate of drug-likeness (QED) is 0.821. The Hall–Kier alpha value is -1.84. The van der Waals surface area contributed by atoms with Crippen LogP contribution in [0.4, 0.5) is 10.3 Å². The highest BCUT2D eigenvalue weighted by atomic mass is 19.1. The first-order valence-electron chi connectivity index (χ1n) is 4.63. The number of halogens is 1. The normalized spacial score (nSPS) is 12.7. The molecule has 0 aliphatic carbocycles. The van der Waals surface area contributed by atoms with Crippen LogP contribution in [-0.2, 0) is 0 Å². The Bertz CT molecular complexity index is 465. The van der Waals surface area contributed by atoms with Crippen LogP contribution in [0.25, 0.3) is 11.3 Å². The summed E-state index contributed by atoms with van der Waals surface area (Å²) in [6, 6.07) is 8.70. The summed E-state index contributed by atoms with van der Waals surface area (Å²) in [6.45, 7) is 1.50. The zero-order valence-corrected chi connectivity index (χ0v) is 8.27. The van der Waals surface area contributed by atoms with Gasteiger partial charge in [0, 0.05) is 11.6 Å². The molecule has 2 rings (SSSR count). The molecule has 2 N–H and O–H groups in total. The molecule has 0 aliphatic heterocycles. The van der Waals surface area contributed by atoms with Crippen molar-refractivity contribution in [2.75, 3.05) is 5.73 Å². The molecule has 1 heterocycles. The van der Waals surface area contributed by atoms with Crippen molar-refractivity contribution in [2.24, 2.45) is 0 Å². The smallest absolute Gasteiger partial charge is 0.222 e. The molecule has 3 nitrogen and oxygen atoms in total. The lowest BCUT2D eigenvalue weighted by molar-refractivity contribution is 0.374. The van der Waals surface area contributed by atoms with Gasteiger partial charge in [-0.25, -0.2) is 4.39 Å². The van der Waals surface area contributed by atoms with E-state index in [1.807, 2.05) is 6.07 Å². The van der Waals surface area contributed by atoms with E-state index in [-0.39, 0.29) is 5.88 Å². The molecule has 4 heteroatoms. The third-order valence-corrected chi connectivity index (χ3v) is 2.17. The summed E-state index contributed by atoms with van der Waals surface area (Å²) in [6.07, 6.45) is -0.991. The fourth-order valence-corrected chi connectivity index (χ4v) is 1.37. The fourth-order valence-electron chi connectivity index (χ4n) is 1.37. The molecule has 0 spiro atoms. The Morgan fingerprint density at radius 2 is 2.20 bits per heavy atom. The van der Waals surface area contributed by atoms with Crippen molar-refractivity contribution >= 4 is 5.88 Å². The number of aromatic nitrogens is 1. The van der Waals surface area contributed by atoms with Gasteiger partial charge in [0.2, 0.25) is 5.88 Å². The zero-order valence-electron chi connectivity index (χ0n) is 8.27. The highest BCUT2D eigenvalue weighted by Gasteiger charge is 2.07. The molecule has 0 bridgehead atoms. The summed E-state index contributed by atoms with van der Waals surface area (Å²) in [5, 5.41) is 3.76. The van der Waals surface area contributed by atoms with E-state index < -0.39 is 6.17 Å². The van der Waals surface area contributed by atoms with E-state index in [4.69, 9.17) is 10.3 Å². The standard InChI is InChI=1S/C11H11FN2O/c1-7(12)8-3-2-4-9(5-8)10-6-11(13)15-14-10/h2-7H,13H2,1H3. The molecule has 0 saturated heterocycles. The third kappa shape index (κ3) is 1.98. The van der Waals surface area contributed by atoms with E-state index in [1.54, 1.807) is 24.3 Å². The summed E-state index contributed by atoms with van der Waals surface area (Å²) in [4.78, 5) is 0. The number of hydrogen-bond donors (Lipinski definition) is 1. The van der Waals surface area contributed by atoms with E-state index in [9.17, 15) is 4.39 Å². The minimum Gasteiger partial charge on any atom is -0.368 e. The molecule has 0 saturated carbocycles. The molecule has 78 valence electrons. The second-order valence-electron chi connectivity index (χ2n) is 3.36. The van der Waals surface area contributed by atoms with Crippen LogP contribution < -0.4 is 5.73 Å². The van der Waals surface area contributed by atoms with Crippen LogP contribution in [0.2, 0.25) is 0 Å². The number of nitrogen functional groups attached to an aromatic ring is 1. The number of rotatable bonds is 2. The molecule has 0 amide bonds. The lowest BCUT2D eigenvalue weighted by Crippen LogP contribution is -1.86. The number of alkyl halides is 1. The van der Waals surface area contributed by atoms with Crippen LogP contribution >= 0.6 is 0 Å². The van der Waals surface area contributed by atoms with Crippen molar-refractivity contribution in [1.29, 1.82) is 0 Å². The monoisotopic (exact) mass is 206 g/mol. The van der Waals surface area contributed by atoms with E-state index >= 15 is 0 Å². The lowest BCUT2D eigenvalue weighted by atomic mass is 10.1. The highest BCUT2D eigenvalue weighted by Crippen LogP contribution is 2.24. The van der Waals surface area contributed by atoms with Crippen LogP contribution in [-0.4, -0.2) is 5.16 Å². The number of anilines is 1. The minimum absolute atomic E-state index is 0.253. The van der Waals surface area contributed by atoms with E-state index in [0.717, 1.165) is 5.56 Å². The van der Waals surface area contributed by atoms with Gasteiger partial charge in [-0.15, -0.1) is 0 Å². The van der Waals surface area contributed by atoms with Crippen LogP contribution in [0.15, 0.2) is 34.9 Å². The van der Waals surface area contributed by atoms with E-state index in [2.05, 4.69) is 5.16 Å². The third-order valence-electron chi connectivity index (χ3n) is 2.17. The number of nitrogens with zero attached hydrogens (tertiary/aromatic N) is 1. The zero-order chi connectivity index (χ0) is 10.8. The first kappa shape index (κ1) is 9.71. The molecule has 1 aromatic heterocycles. The topological polar surface area (TPSA) is 52.0 Å². The van der Waals surface area contributed by atoms with E-state index in [0.29, 0.717) is 11.3 Å². The first-order chi connectivity index (χ1) is 7.16. The SMILES string of the molecule is CC(F)c1cccc(-c2cc(N)on2)c1. The maximum absolute atomic E-state index is 13.1. The molecule has 2 aromatic rings. The molecule has 1 atom stereocenters. The Kier molecular flexibility index (Phi) is 2.41. The van der Waals surface area contributed by atoms with Crippen LogP contribution in [0.5, 0.6) is 0 Å². The molecule has 0 radical (unpaired) electrons. The van der Waals surface area contributed by atoms with Crippen LogP contribution in [0, 0.1) is 0 Å². The first-order valence-corrected chi connectivity index (χ1v) is 4.63. The number of hydrogen-bond acceptors (Lipinski definition) is 3. The van der Waals surface area contributed by atoms with Gasteiger partial charge >= 0.3 is 0 Å². The Morgan fingerprint density at radius 1 is 1.40 bits per heavy atom. The fraction of sp³-hybridized carbons (Fsp3) is 0.182. The summed E-state index contributed by atoms with van der Waals surface area (Å²) in [7, 11) is 0. The van der Waals surface area contributed by atoms with Crippen LogP contribution in [0.1, 0.15) is 18.7 Å². The molecule has 15 heavy (non-hydrogen) atoms. The summed E-state index contributed by atoms with van der Waals surface area (Å²) in [5.41, 5.74) is 7.45. The summed E-state index contributed by atoms with van der Waals surface area (Å²) >= 11 is 0. The summed E-state index contributed by atoms with van der Waals surface area (Å²) in [5.74, 6) is 0.253. The predicted molar refractivity (Wildman–Crippen MR) is 55.9 cm³/mol. The Morgan fingerprint density at radius 3 is 2.80 bits per heavy atom. The number of nitrogens with two attached hydrogens (primary N) is 1. The minimum atomic E-state index is -0.991. The average Bonchev–Trinajstić information content (AvgIpc) is 2.65. The van der Waals surface area contributed by atoms with Crippen molar-refractivity contribution in [1.82, 2.24) is 5.16 Å². The van der Waals surface area contributed by atoms with Gasteiger partial charge in [0.15, 0.2) is 0 Å². The Balaban J connectivity index is 2.41. The maximum atomic E-state index is 13.1. The van der Waals surface area contributed by atoms with Crippen molar-refractivity contribution in [3.8, 4) is 11.3 Å². The summed E-state index contributed by atoms with van der Waals surface area (Å²) < 4.78 is 17.8. The Labute approximate surface area is 86.7 Å². The van der Waals surface area contributed by atoms with Crippen molar-refractivity contribution in [3.63, 3.8) is 0 Å². The molecular weight excluding hydrogens is 195 g/mol. The predicted octanol–water partition coefficient (Wildman–Crippen LogP) is 2.95. The van der Waals surface area contributed by atoms with Gasteiger partial charge in [-0.1, -0.05) is 23.4 Å². The van der Waals surface area contributed by atoms with E-state index in [1.165, 1.54) is 6.92 Å². The maximum Gasteiger partial charge on any atom is 0.222 e. The largest absolute Gasteiger partial charge is 0.368 e. The van der Waals surface area contributed by atoms with Crippen molar-refractivity contribution in [3.05, 3.63) is 35.9 Å². The van der Waals surface area contributed by atoms with Gasteiger partial charge in [-0.3, -0.25) is 0 Å².